The fraction of sp³-hybridized carbons (Fsp3) is 0.409. The number of quaternary nitrogens is 1. The summed E-state index contributed by atoms with van der Waals surface area (Å²) in [6.45, 7) is 16.9. The summed E-state index contributed by atoms with van der Waals surface area (Å²) in [7, 11) is 0. The number of alkyl carbamates (subject to hydrolysis) is 1. The number of hydrogen-bond acceptors (Lipinski definition) is 4. The Labute approximate surface area is 310 Å². The molecule has 1 fully saturated rings. The zero-order valence-electron chi connectivity index (χ0n) is 31.4. The van der Waals surface area contributed by atoms with Crippen molar-refractivity contribution in [3.05, 3.63) is 143 Å². The van der Waals surface area contributed by atoms with E-state index in [2.05, 4.69) is 116 Å². The Balaban J connectivity index is 1.48. The Bertz CT molecular complexity index is 1620. The smallest absolute Gasteiger partial charge is 0.408 e. The first-order valence-corrected chi connectivity index (χ1v) is 19.5. The van der Waals surface area contributed by atoms with E-state index in [9.17, 15) is 9.59 Å². The molecule has 0 unspecified atom stereocenters. The zero-order chi connectivity index (χ0) is 36.5. The van der Waals surface area contributed by atoms with E-state index in [1.165, 1.54) is 16.7 Å². The highest BCUT2D eigenvalue weighted by molar-refractivity contribution is 8.00. The van der Waals surface area contributed by atoms with E-state index >= 15 is 0 Å². The molecule has 0 aromatic heterocycles. The molecule has 2 amide bonds. The molecule has 0 bridgehead atoms. The van der Waals surface area contributed by atoms with Crippen LogP contribution in [0.25, 0.3) is 0 Å². The SMILES string of the molecule is CCCC[N+]1(C[C@@H](CSC(c2ccccc2)(c2ccccc2)c2ccccc2)NC(=O)OC(C)(C)C)CCN(C(=O)c2cccc(C)c2C)CC1. The molecule has 0 spiro atoms. The lowest BCUT2D eigenvalue weighted by atomic mass is 9.84. The second-order valence-corrected chi connectivity index (χ2v) is 16.3. The largest absolute Gasteiger partial charge is 0.444 e. The van der Waals surface area contributed by atoms with Crippen molar-refractivity contribution in [2.75, 3.05) is 45.0 Å². The number of ether oxygens (including phenoxy) is 1. The summed E-state index contributed by atoms with van der Waals surface area (Å²) >= 11 is 1.87. The van der Waals surface area contributed by atoms with Gasteiger partial charge in [-0.1, -0.05) is 116 Å². The van der Waals surface area contributed by atoms with Crippen molar-refractivity contribution in [3.63, 3.8) is 0 Å². The number of piperazine rings is 1. The predicted molar refractivity (Wildman–Crippen MR) is 211 cm³/mol. The molecule has 6 nitrogen and oxygen atoms in total. The fourth-order valence-corrected chi connectivity index (χ4v) is 8.86. The summed E-state index contributed by atoms with van der Waals surface area (Å²) in [6.07, 6.45) is 1.78. The number of hydrogen-bond donors (Lipinski definition) is 1. The highest BCUT2D eigenvalue weighted by Gasteiger charge is 2.41. The molecule has 1 saturated heterocycles. The van der Waals surface area contributed by atoms with Crippen molar-refractivity contribution in [1.29, 1.82) is 0 Å². The average Bonchev–Trinajstić information content (AvgIpc) is 3.13. The molecular weight excluding hydrogens is 651 g/mol. The highest BCUT2D eigenvalue weighted by Crippen LogP contribution is 2.48. The molecule has 7 heteroatoms. The molecule has 4 aromatic carbocycles. The minimum Gasteiger partial charge on any atom is -0.444 e. The van der Waals surface area contributed by atoms with Crippen LogP contribution in [0.15, 0.2) is 109 Å². The molecule has 1 aliphatic rings. The maximum atomic E-state index is 13.8. The minimum absolute atomic E-state index is 0.113. The third kappa shape index (κ3) is 9.43. The van der Waals surface area contributed by atoms with Gasteiger partial charge in [-0.25, -0.2) is 4.79 Å². The van der Waals surface area contributed by atoms with Crippen LogP contribution in [0.1, 0.15) is 78.7 Å². The van der Waals surface area contributed by atoms with Crippen molar-refractivity contribution < 1.29 is 18.8 Å². The maximum Gasteiger partial charge on any atom is 0.408 e. The highest BCUT2D eigenvalue weighted by atomic mass is 32.2. The number of carbonyl (C=O) groups is 2. The third-order valence-corrected chi connectivity index (χ3v) is 11.9. The maximum absolute atomic E-state index is 13.8. The van der Waals surface area contributed by atoms with Crippen LogP contribution in [0.3, 0.4) is 0 Å². The number of nitrogens with one attached hydrogen (secondary N) is 1. The third-order valence-electron chi connectivity index (χ3n) is 10.2. The number of nitrogens with zero attached hydrogens (tertiary/aromatic N) is 2. The van der Waals surface area contributed by atoms with Crippen molar-refractivity contribution in [1.82, 2.24) is 10.2 Å². The quantitative estimate of drug-likeness (QED) is 0.111. The summed E-state index contributed by atoms with van der Waals surface area (Å²) in [4.78, 5) is 29.3. The van der Waals surface area contributed by atoms with Crippen LogP contribution in [0.2, 0.25) is 0 Å². The topological polar surface area (TPSA) is 58.6 Å². The molecule has 0 saturated carbocycles. The Morgan fingerprint density at radius 2 is 1.33 bits per heavy atom. The summed E-state index contributed by atoms with van der Waals surface area (Å²) in [5.74, 6) is 0.775. The predicted octanol–water partition coefficient (Wildman–Crippen LogP) is 8.99. The van der Waals surface area contributed by atoms with Crippen LogP contribution in [-0.2, 0) is 9.48 Å². The van der Waals surface area contributed by atoms with Gasteiger partial charge in [0.2, 0.25) is 0 Å². The summed E-state index contributed by atoms with van der Waals surface area (Å²) in [6, 6.07) is 37.9. The molecule has 0 aliphatic carbocycles. The van der Waals surface area contributed by atoms with Crippen molar-refractivity contribution in [2.45, 2.75) is 70.8 Å². The summed E-state index contributed by atoms with van der Waals surface area (Å²) in [5, 5.41) is 3.34. The second kappa shape index (κ2) is 17.0. The number of aryl methyl sites for hydroxylation is 1. The van der Waals surface area contributed by atoms with Gasteiger partial charge in [-0.15, -0.1) is 11.8 Å². The van der Waals surface area contributed by atoms with Crippen LogP contribution in [-0.4, -0.2) is 78.0 Å². The molecule has 0 radical (unpaired) electrons. The minimum atomic E-state index is -0.613. The van der Waals surface area contributed by atoms with E-state index in [1.807, 2.05) is 56.5 Å². The van der Waals surface area contributed by atoms with Gasteiger partial charge in [0.1, 0.15) is 12.1 Å². The lowest BCUT2D eigenvalue weighted by Crippen LogP contribution is -2.65. The van der Waals surface area contributed by atoms with Crippen LogP contribution in [0.4, 0.5) is 4.79 Å². The number of carbonyl (C=O) groups excluding carboxylic acids is 2. The van der Waals surface area contributed by atoms with E-state index in [-0.39, 0.29) is 11.9 Å². The summed E-state index contributed by atoms with van der Waals surface area (Å²) in [5.41, 5.74) is 5.95. The van der Waals surface area contributed by atoms with Gasteiger partial charge in [-0.3, -0.25) is 4.79 Å². The first kappa shape index (κ1) is 38.2. The Morgan fingerprint density at radius 1 is 0.804 bits per heavy atom. The first-order valence-electron chi connectivity index (χ1n) is 18.5. The number of thioether (sulfide) groups is 1. The Hall–Kier alpha value is -4.07. The van der Waals surface area contributed by atoms with Gasteiger partial charge in [0, 0.05) is 11.3 Å². The Kier molecular flexibility index (Phi) is 12.7. The van der Waals surface area contributed by atoms with E-state index in [0.717, 1.165) is 60.2 Å². The molecule has 270 valence electrons. The van der Waals surface area contributed by atoms with Gasteiger partial charge < -0.3 is 19.4 Å². The van der Waals surface area contributed by atoms with Crippen LogP contribution >= 0.6 is 11.8 Å². The van der Waals surface area contributed by atoms with Gasteiger partial charge in [-0.05, 0) is 74.9 Å². The van der Waals surface area contributed by atoms with Crippen LogP contribution in [0.5, 0.6) is 0 Å². The molecule has 1 atom stereocenters. The number of rotatable bonds is 13. The molecule has 4 aromatic rings. The van der Waals surface area contributed by atoms with Crippen molar-refractivity contribution >= 4 is 23.8 Å². The zero-order valence-corrected chi connectivity index (χ0v) is 32.2. The van der Waals surface area contributed by atoms with Gasteiger partial charge in [0.25, 0.3) is 5.91 Å². The summed E-state index contributed by atoms with van der Waals surface area (Å²) < 4.78 is 6.19. The number of unbranched alkanes of at least 4 members (excludes halogenated alkanes) is 1. The molecule has 51 heavy (non-hydrogen) atoms. The molecule has 5 rings (SSSR count). The normalized spacial score (nSPS) is 15.2. The van der Waals surface area contributed by atoms with Crippen molar-refractivity contribution in [3.8, 4) is 0 Å². The molecule has 1 aliphatic heterocycles. The first-order chi connectivity index (χ1) is 24.5. The van der Waals surface area contributed by atoms with E-state index in [0.29, 0.717) is 18.8 Å². The van der Waals surface area contributed by atoms with Gasteiger partial charge in [0.15, 0.2) is 0 Å². The van der Waals surface area contributed by atoms with Crippen molar-refractivity contribution in [2.24, 2.45) is 0 Å². The second-order valence-electron chi connectivity index (χ2n) is 15.0. The monoisotopic (exact) mass is 706 g/mol. The van der Waals surface area contributed by atoms with E-state index in [1.54, 1.807) is 0 Å². The van der Waals surface area contributed by atoms with E-state index in [4.69, 9.17) is 4.74 Å². The van der Waals surface area contributed by atoms with Gasteiger partial charge in [-0.2, -0.15) is 0 Å². The van der Waals surface area contributed by atoms with Gasteiger partial charge >= 0.3 is 6.09 Å². The van der Waals surface area contributed by atoms with Crippen LogP contribution < -0.4 is 5.32 Å². The van der Waals surface area contributed by atoms with Gasteiger partial charge in [0.05, 0.1) is 43.5 Å². The Morgan fingerprint density at radius 3 is 1.82 bits per heavy atom. The average molecular weight is 707 g/mol. The molecule has 1 heterocycles. The number of amides is 2. The van der Waals surface area contributed by atoms with E-state index < -0.39 is 16.4 Å². The lowest BCUT2D eigenvalue weighted by Gasteiger charge is -2.47. The lowest BCUT2D eigenvalue weighted by molar-refractivity contribution is -0.932. The van der Waals surface area contributed by atoms with Crippen LogP contribution in [0, 0.1) is 13.8 Å². The standard InChI is InChI=1S/C44H55N3O3S/c1-7-8-29-47(30-27-46(28-31-47)41(48)40-26-18-19-34(2)35(40)3)32-39(45-42(49)50-43(4,5)6)33-51-44(36-20-12-9-13-21-36,37-22-14-10-15-23-37)38-24-16-11-17-25-38/h9-26,39H,7-8,27-33H2,1-6H3/p+1/t39-/m0/s1. The molecular formula is C44H56N3O3S+. The number of benzene rings is 4. The fourth-order valence-electron chi connectivity index (χ4n) is 7.31. The molecule has 1 N–H and O–H groups in total.